The third-order valence-electron chi connectivity index (χ3n) is 3.34. The van der Waals surface area contributed by atoms with E-state index >= 15 is 0 Å². The minimum Gasteiger partial charge on any atom is -0.381 e. The van der Waals surface area contributed by atoms with Crippen LogP contribution in [0.3, 0.4) is 0 Å². The fourth-order valence-electron chi connectivity index (χ4n) is 2.49. The lowest BCUT2D eigenvalue weighted by Gasteiger charge is -2.14. The van der Waals surface area contributed by atoms with Gasteiger partial charge in [0.1, 0.15) is 0 Å². The molecule has 0 unspecified atom stereocenters. The maximum Gasteiger partial charge on any atom is 0.0366 e. The van der Waals surface area contributed by atoms with Gasteiger partial charge in [-0.05, 0) is 42.9 Å². The molecule has 3 rings (SSSR count). The lowest BCUT2D eigenvalue weighted by molar-refractivity contribution is 0.859. The highest BCUT2D eigenvalue weighted by molar-refractivity contribution is 5.41. The first-order valence-corrected chi connectivity index (χ1v) is 5.40. The van der Waals surface area contributed by atoms with Crippen LogP contribution in [0, 0.1) is 0 Å². The molecule has 0 aromatic carbocycles. The molecule has 0 atom stereocenters. The molecule has 0 amide bonds. The van der Waals surface area contributed by atoms with Crippen molar-refractivity contribution in [2.45, 2.75) is 25.7 Å². The SMILES string of the molecule is C1=CCC2=C(C1)CNC1=C(CC=C1)C2. The van der Waals surface area contributed by atoms with E-state index in [0.29, 0.717) is 0 Å². The molecule has 1 heterocycles. The van der Waals surface area contributed by atoms with Gasteiger partial charge in [0.2, 0.25) is 0 Å². The van der Waals surface area contributed by atoms with E-state index < -0.39 is 0 Å². The summed E-state index contributed by atoms with van der Waals surface area (Å²) in [5.74, 6) is 0. The summed E-state index contributed by atoms with van der Waals surface area (Å²) < 4.78 is 0. The number of nitrogens with one attached hydrogen (secondary N) is 1. The topological polar surface area (TPSA) is 12.0 Å². The van der Waals surface area contributed by atoms with Crippen LogP contribution in [0.2, 0.25) is 0 Å². The highest BCUT2D eigenvalue weighted by atomic mass is 14.9. The minimum absolute atomic E-state index is 1.06. The van der Waals surface area contributed by atoms with Crippen LogP contribution in [-0.4, -0.2) is 6.54 Å². The van der Waals surface area contributed by atoms with Gasteiger partial charge < -0.3 is 5.32 Å². The van der Waals surface area contributed by atoms with Gasteiger partial charge in [0.25, 0.3) is 0 Å². The first kappa shape index (κ1) is 8.10. The summed E-state index contributed by atoms with van der Waals surface area (Å²) in [6.07, 6.45) is 13.8. The minimum atomic E-state index is 1.06. The summed E-state index contributed by atoms with van der Waals surface area (Å²) >= 11 is 0. The van der Waals surface area contributed by atoms with Crippen LogP contribution in [0.5, 0.6) is 0 Å². The van der Waals surface area contributed by atoms with E-state index in [1.165, 1.54) is 18.5 Å². The van der Waals surface area contributed by atoms with Gasteiger partial charge >= 0.3 is 0 Å². The zero-order valence-electron chi connectivity index (χ0n) is 8.34. The van der Waals surface area contributed by atoms with E-state index in [-0.39, 0.29) is 0 Å². The molecule has 0 saturated carbocycles. The van der Waals surface area contributed by atoms with Crippen molar-refractivity contribution in [1.82, 2.24) is 5.32 Å². The Balaban J connectivity index is 1.89. The van der Waals surface area contributed by atoms with E-state index in [0.717, 1.165) is 19.4 Å². The van der Waals surface area contributed by atoms with Crippen LogP contribution < -0.4 is 5.32 Å². The van der Waals surface area contributed by atoms with Crippen molar-refractivity contribution in [2.24, 2.45) is 0 Å². The average Bonchev–Trinajstić information content (AvgIpc) is 2.58. The molecule has 2 aliphatic carbocycles. The van der Waals surface area contributed by atoms with Gasteiger partial charge in [0.05, 0.1) is 0 Å². The molecule has 1 aliphatic heterocycles. The number of rotatable bonds is 0. The van der Waals surface area contributed by atoms with Crippen LogP contribution in [-0.2, 0) is 0 Å². The molecule has 0 fully saturated rings. The van der Waals surface area contributed by atoms with Crippen LogP contribution in [0.15, 0.2) is 46.7 Å². The Labute approximate surface area is 84.9 Å². The number of hydrogen-bond donors (Lipinski definition) is 1. The van der Waals surface area contributed by atoms with Crippen molar-refractivity contribution < 1.29 is 0 Å². The van der Waals surface area contributed by atoms with Gasteiger partial charge in [-0.3, -0.25) is 0 Å². The van der Waals surface area contributed by atoms with Crippen molar-refractivity contribution >= 4 is 0 Å². The molecule has 3 aliphatic rings. The molecular weight excluding hydrogens is 170 g/mol. The molecule has 0 bridgehead atoms. The monoisotopic (exact) mass is 185 g/mol. The fourth-order valence-corrected chi connectivity index (χ4v) is 2.49. The molecule has 14 heavy (non-hydrogen) atoms. The van der Waals surface area contributed by atoms with Crippen LogP contribution in [0.1, 0.15) is 25.7 Å². The predicted octanol–water partition coefficient (Wildman–Crippen LogP) is 2.84. The van der Waals surface area contributed by atoms with Crippen molar-refractivity contribution in [3.8, 4) is 0 Å². The van der Waals surface area contributed by atoms with E-state index in [2.05, 4.69) is 29.6 Å². The molecule has 1 nitrogen and oxygen atoms in total. The molecule has 0 spiro atoms. The Hall–Kier alpha value is -1.24. The molecule has 0 saturated heterocycles. The molecule has 0 radical (unpaired) electrons. The van der Waals surface area contributed by atoms with Crippen LogP contribution in [0.4, 0.5) is 0 Å². The predicted molar refractivity (Wildman–Crippen MR) is 58.8 cm³/mol. The Morgan fingerprint density at radius 2 is 1.64 bits per heavy atom. The third kappa shape index (κ3) is 1.24. The summed E-state index contributed by atoms with van der Waals surface area (Å²) in [4.78, 5) is 0. The largest absolute Gasteiger partial charge is 0.381 e. The lowest BCUT2D eigenvalue weighted by Crippen LogP contribution is -2.15. The summed E-state index contributed by atoms with van der Waals surface area (Å²) in [6, 6.07) is 0. The first-order chi connectivity index (χ1) is 6.93. The standard InChI is InChI=1S/C13H15N/c1-2-5-12-9-14-13-7-3-6-11(13)8-10(12)4-1/h1-3,7,14H,4-6,8-9H2. The third-order valence-corrected chi connectivity index (χ3v) is 3.34. The Kier molecular flexibility index (Phi) is 1.83. The van der Waals surface area contributed by atoms with Crippen LogP contribution >= 0.6 is 0 Å². The van der Waals surface area contributed by atoms with Gasteiger partial charge in [-0.2, -0.15) is 0 Å². The molecular formula is C13H15N. The average molecular weight is 185 g/mol. The summed E-state index contributed by atoms with van der Waals surface area (Å²) in [5, 5.41) is 3.54. The molecule has 0 aromatic rings. The molecule has 0 aromatic heterocycles. The zero-order valence-corrected chi connectivity index (χ0v) is 8.34. The summed E-state index contributed by atoms with van der Waals surface area (Å²) in [7, 11) is 0. The highest BCUT2D eigenvalue weighted by Crippen LogP contribution is 2.32. The van der Waals surface area contributed by atoms with Crippen LogP contribution in [0.25, 0.3) is 0 Å². The van der Waals surface area contributed by atoms with E-state index in [9.17, 15) is 0 Å². The van der Waals surface area contributed by atoms with Gasteiger partial charge in [0, 0.05) is 12.2 Å². The van der Waals surface area contributed by atoms with Gasteiger partial charge in [-0.1, -0.05) is 23.8 Å². The highest BCUT2D eigenvalue weighted by Gasteiger charge is 2.18. The fraction of sp³-hybridized carbons (Fsp3) is 0.385. The van der Waals surface area contributed by atoms with E-state index in [1.54, 1.807) is 16.7 Å². The number of hydrogen-bond acceptors (Lipinski definition) is 1. The smallest absolute Gasteiger partial charge is 0.0366 e. The second kappa shape index (κ2) is 3.16. The normalized spacial score (nSPS) is 24.6. The summed E-state index contributed by atoms with van der Waals surface area (Å²) in [5.41, 5.74) is 6.26. The molecule has 1 heteroatoms. The van der Waals surface area contributed by atoms with Crippen molar-refractivity contribution in [2.75, 3.05) is 6.54 Å². The van der Waals surface area contributed by atoms with Gasteiger partial charge in [0.15, 0.2) is 0 Å². The Morgan fingerprint density at radius 3 is 2.57 bits per heavy atom. The summed E-state index contributed by atoms with van der Waals surface area (Å²) in [6.45, 7) is 1.06. The van der Waals surface area contributed by atoms with E-state index in [1.807, 2.05) is 0 Å². The number of allylic oxidation sites excluding steroid dienone is 6. The van der Waals surface area contributed by atoms with Crippen molar-refractivity contribution in [3.63, 3.8) is 0 Å². The Morgan fingerprint density at radius 1 is 0.857 bits per heavy atom. The first-order valence-electron chi connectivity index (χ1n) is 5.40. The second-order valence-electron chi connectivity index (χ2n) is 4.24. The second-order valence-corrected chi connectivity index (χ2v) is 4.24. The molecule has 1 N–H and O–H groups in total. The lowest BCUT2D eigenvalue weighted by atomic mass is 9.92. The zero-order chi connectivity index (χ0) is 9.38. The van der Waals surface area contributed by atoms with Crippen molar-refractivity contribution in [3.05, 3.63) is 46.7 Å². The maximum atomic E-state index is 3.54. The van der Waals surface area contributed by atoms with Gasteiger partial charge in [-0.25, -0.2) is 0 Å². The quantitative estimate of drug-likeness (QED) is 0.572. The molecule has 72 valence electrons. The Bertz CT molecular complexity index is 380. The van der Waals surface area contributed by atoms with Crippen molar-refractivity contribution in [1.29, 1.82) is 0 Å². The van der Waals surface area contributed by atoms with E-state index in [4.69, 9.17) is 0 Å². The maximum absolute atomic E-state index is 3.54. The van der Waals surface area contributed by atoms with Gasteiger partial charge in [-0.15, -0.1) is 0 Å².